The van der Waals surface area contributed by atoms with E-state index in [2.05, 4.69) is 42.6 Å². The standard InChI is InChI=1S/C15H26N2OS/c1-4-14(2)11-15(12-16,6-7-18-14)17(3)9-13-5-8-19-10-13/h5,8,10H,4,6-7,9,11-12,16H2,1-3H3. The van der Waals surface area contributed by atoms with Gasteiger partial charge in [0.05, 0.1) is 5.60 Å². The molecule has 0 aromatic carbocycles. The van der Waals surface area contributed by atoms with Gasteiger partial charge in [0.25, 0.3) is 0 Å². The summed E-state index contributed by atoms with van der Waals surface area (Å²) in [6.07, 6.45) is 3.09. The van der Waals surface area contributed by atoms with E-state index >= 15 is 0 Å². The summed E-state index contributed by atoms with van der Waals surface area (Å²) in [4.78, 5) is 2.44. The number of hydrogen-bond donors (Lipinski definition) is 1. The molecule has 0 aliphatic carbocycles. The highest BCUT2D eigenvalue weighted by Gasteiger charge is 2.44. The summed E-state index contributed by atoms with van der Waals surface area (Å²) in [6.45, 7) is 6.91. The molecule has 2 N–H and O–H groups in total. The number of nitrogens with zero attached hydrogens (tertiary/aromatic N) is 1. The van der Waals surface area contributed by atoms with Gasteiger partial charge in [-0.15, -0.1) is 0 Å². The molecule has 2 unspecified atom stereocenters. The van der Waals surface area contributed by atoms with Crippen molar-refractivity contribution < 1.29 is 4.74 Å². The second kappa shape index (κ2) is 5.92. The van der Waals surface area contributed by atoms with Gasteiger partial charge < -0.3 is 10.5 Å². The Bertz CT molecular complexity index is 395. The first-order chi connectivity index (χ1) is 9.03. The SMILES string of the molecule is CCC1(C)CC(CN)(N(C)Cc2ccsc2)CCO1. The van der Waals surface area contributed by atoms with Crippen molar-refractivity contribution >= 4 is 11.3 Å². The molecule has 1 saturated heterocycles. The van der Waals surface area contributed by atoms with E-state index < -0.39 is 0 Å². The van der Waals surface area contributed by atoms with E-state index in [1.807, 2.05) is 0 Å². The molecule has 1 fully saturated rings. The third-order valence-corrected chi connectivity index (χ3v) is 5.39. The third-order valence-electron chi connectivity index (χ3n) is 4.66. The zero-order chi connectivity index (χ0) is 13.9. The van der Waals surface area contributed by atoms with Gasteiger partial charge in [0.15, 0.2) is 0 Å². The molecule has 2 heterocycles. The van der Waals surface area contributed by atoms with Gasteiger partial charge in [-0.1, -0.05) is 6.92 Å². The van der Waals surface area contributed by atoms with Crippen molar-refractivity contribution in [2.24, 2.45) is 5.73 Å². The first-order valence-electron chi connectivity index (χ1n) is 7.10. The van der Waals surface area contributed by atoms with Crippen LogP contribution in [-0.4, -0.2) is 36.2 Å². The van der Waals surface area contributed by atoms with Crippen molar-refractivity contribution in [2.75, 3.05) is 20.2 Å². The van der Waals surface area contributed by atoms with Gasteiger partial charge in [-0.25, -0.2) is 0 Å². The lowest BCUT2D eigenvalue weighted by molar-refractivity contribution is -0.126. The van der Waals surface area contributed by atoms with E-state index in [0.717, 1.165) is 32.4 Å². The highest BCUT2D eigenvalue weighted by Crippen LogP contribution is 2.37. The minimum atomic E-state index is -0.0273. The fraction of sp³-hybridized carbons (Fsp3) is 0.733. The number of likely N-dealkylation sites (N-methyl/N-ethyl adjacent to an activating group) is 1. The fourth-order valence-electron chi connectivity index (χ4n) is 3.03. The van der Waals surface area contributed by atoms with Crippen LogP contribution in [0.4, 0.5) is 0 Å². The number of rotatable bonds is 5. The van der Waals surface area contributed by atoms with E-state index in [9.17, 15) is 0 Å². The molecule has 2 atom stereocenters. The molecule has 2 rings (SSSR count). The van der Waals surface area contributed by atoms with Crippen LogP contribution < -0.4 is 5.73 Å². The highest BCUT2D eigenvalue weighted by atomic mass is 32.1. The van der Waals surface area contributed by atoms with Gasteiger partial charge in [0.2, 0.25) is 0 Å². The monoisotopic (exact) mass is 282 g/mol. The highest BCUT2D eigenvalue weighted by molar-refractivity contribution is 7.07. The van der Waals surface area contributed by atoms with Crippen LogP contribution >= 0.6 is 11.3 Å². The zero-order valence-electron chi connectivity index (χ0n) is 12.3. The molecule has 19 heavy (non-hydrogen) atoms. The maximum absolute atomic E-state index is 6.15. The summed E-state index contributed by atoms with van der Waals surface area (Å²) in [7, 11) is 2.20. The van der Waals surface area contributed by atoms with Crippen molar-refractivity contribution in [2.45, 2.75) is 50.8 Å². The first kappa shape index (κ1) is 15.0. The summed E-state index contributed by atoms with van der Waals surface area (Å²) in [5, 5.41) is 4.36. The van der Waals surface area contributed by atoms with Crippen LogP contribution in [0.2, 0.25) is 0 Å². The minimum absolute atomic E-state index is 0.0273. The van der Waals surface area contributed by atoms with Crippen LogP contribution in [0.1, 0.15) is 38.7 Å². The van der Waals surface area contributed by atoms with Crippen LogP contribution in [0.25, 0.3) is 0 Å². The van der Waals surface area contributed by atoms with Gasteiger partial charge in [0, 0.05) is 25.2 Å². The second-order valence-corrected chi connectivity index (χ2v) is 6.77. The molecule has 1 aromatic heterocycles. The molecule has 0 amide bonds. The van der Waals surface area contributed by atoms with Crippen LogP contribution in [0, 0.1) is 0 Å². The zero-order valence-corrected chi connectivity index (χ0v) is 13.1. The topological polar surface area (TPSA) is 38.5 Å². The number of nitrogens with two attached hydrogens (primary N) is 1. The molecule has 4 heteroatoms. The Morgan fingerprint density at radius 1 is 1.53 bits per heavy atom. The van der Waals surface area contributed by atoms with Crippen molar-refractivity contribution in [1.29, 1.82) is 0 Å². The molecular weight excluding hydrogens is 256 g/mol. The smallest absolute Gasteiger partial charge is 0.0670 e. The van der Waals surface area contributed by atoms with Crippen LogP contribution in [0.5, 0.6) is 0 Å². The molecule has 1 aliphatic heterocycles. The Morgan fingerprint density at radius 3 is 2.89 bits per heavy atom. The maximum atomic E-state index is 6.15. The van der Waals surface area contributed by atoms with Crippen molar-refractivity contribution in [3.05, 3.63) is 22.4 Å². The predicted molar refractivity (Wildman–Crippen MR) is 81.5 cm³/mol. The minimum Gasteiger partial charge on any atom is -0.375 e. The molecule has 0 spiro atoms. The summed E-state index contributed by atoms with van der Waals surface area (Å²) in [5.41, 5.74) is 7.58. The average molecular weight is 282 g/mol. The van der Waals surface area contributed by atoms with Crippen molar-refractivity contribution in [3.63, 3.8) is 0 Å². The molecule has 108 valence electrons. The van der Waals surface area contributed by atoms with E-state index in [-0.39, 0.29) is 11.1 Å². The molecular formula is C15H26N2OS. The Labute approximate surface area is 120 Å². The quantitative estimate of drug-likeness (QED) is 0.902. The van der Waals surface area contributed by atoms with Crippen LogP contribution in [-0.2, 0) is 11.3 Å². The van der Waals surface area contributed by atoms with E-state index in [1.165, 1.54) is 5.56 Å². The lowest BCUT2D eigenvalue weighted by Gasteiger charge is -2.50. The molecule has 1 aliphatic rings. The van der Waals surface area contributed by atoms with Gasteiger partial charge in [0.1, 0.15) is 0 Å². The fourth-order valence-corrected chi connectivity index (χ4v) is 3.69. The Hall–Kier alpha value is -0.420. The average Bonchev–Trinajstić information content (AvgIpc) is 2.91. The normalized spacial score (nSPS) is 31.8. The number of thiophene rings is 1. The molecule has 1 aromatic rings. The molecule has 3 nitrogen and oxygen atoms in total. The van der Waals surface area contributed by atoms with Crippen LogP contribution in [0.3, 0.4) is 0 Å². The number of ether oxygens (including phenoxy) is 1. The van der Waals surface area contributed by atoms with Crippen molar-refractivity contribution in [3.8, 4) is 0 Å². The predicted octanol–water partition coefficient (Wildman–Crippen LogP) is 2.86. The molecule has 0 bridgehead atoms. The summed E-state index contributed by atoms with van der Waals surface area (Å²) in [5.74, 6) is 0. The number of hydrogen-bond acceptors (Lipinski definition) is 4. The second-order valence-electron chi connectivity index (χ2n) is 5.99. The summed E-state index contributed by atoms with van der Waals surface area (Å²) < 4.78 is 5.98. The third kappa shape index (κ3) is 3.19. The van der Waals surface area contributed by atoms with Crippen LogP contribution in [0.15, 0.2) is 16.8 Å². The molecule has 0 saturated carbocycles. The lowest BCUT2D eigenvalue weighted by Crippen LogP contribution is -2.59. The largest absolute Gasteiger partial charge is 0.375 e. The van der Waals surface area contributed by atoms with Gasteiger partial charge in [-0.05, 0) is 55.6 Å². The van der Waals surface area contributed by atoms with E-state index in [4.69, 9.17) is 10.5 Å². The summed E-state index contributed by atoms with van der Waals surface area (Å²) >= 11 is 1.76. The summed E-state index contributed by atoms with van der Waals surface area (Å²) in [6, 6.07) is 2.20. The van der Waals surface area contributed by atoms with Gasteiger partial charge >= 0.3 is 0 Å². The van der Waals surface area contributed by atoms with E-state index in [0.29, 0.717) is 6.54 Å². The lowest BCUT2D eigenvalue weighted by atomic mass is 9.78. The van der Waals surface area contributed by atoms with Gasteiger partial charge in [-0.2, -0.15) is 11.3 Å². The first-order valence-corrected chi connectivity index (χ1v) is 8.04. The Morgan fingerprint density at radius 2 is 2.32 bits per heavy atom. The Kier molecular flexibility index (Phi) is 4.66. The molecule has 0 radical (unpaired) electrons. The van der Waals surface area contributed by atoms with Gasteiger partial charge in [-0.3, -0.25) is 4.90 Å². The van der Waals surface area contributed by atoms with E-state index in [1.54, 1.807) is 11.3 Å². The maximum Gasteiger partial charge on any atom is 0.0670 e. The Balaban J connectivity index is 2.12. The van der Waals surface area contributed by atoms with Crippen molar-refractivity contribution in [1.82, 2.24) is 4.90 Å².